The number of nitrogens with zero attached hydrogens (tertiary/aromatic N) is 1. The zero-order valence-corrected chi connectivity index (χ0v) is 8.99. The molecule has 2 aromatic rings. The summed E-state index contributed by atoms with van der Waals surface area (Å²) in [5, 5.41) is 0.997. The molecule has 0 N–H and O–H groups in total. The Morgan fingerprint density at radius 2 is 2.00 bits per heavy atom. The van der Waals surface area contributed by atoms with Crippen molar-refractivity contribution in [1.82, 2.24) is 4.57 Å². The van der Waals surface area contributed by atoms with Gasteiger partial charge in [-0.3, -0.25) is 0 Å². The molecule has 0 aliphatic heterocycles. The standard InChI is InChI=1S/C12H13F2NO/c1-15-5-4-9-6-10(2-3-12(9)15)16-11(7-13)8-14/h2-6,11H,7-8H2,1H3. The van der Waals surface area contributed by atoms with Gasteiger partial charge in [0.25, 0.3) is 0 Å². The summed E-state index contributed by atoms with van der Waals surface area (Å²) in [5.74, 6) is 0.499. The summed E-state index contributed by atoms with van der Waals surface area (Å²) in [6, 6.07) is 7.31. The smallest absolute Gasteiger partial charge is 0.155 e. The van der Waals surface area contributed by atoms with Gasteiger partial charge in [0.05, 0.1) is 0 Å². The van der Waals surface area contributed by atoms with Crippen LogP contribution in [0.1, 0.15) is 0 Å². The van der Waals surface area contributed by atoms with Crippen LogP contribution in [-0.4, -0.2) is 24.0 Å². The third-order valence-electron chi connectivity index (χ3n) is 2.50. The summed E-state index contributed by atoms with van der Waals surface area (Å²) in [4.78, 5) is 0. The van der Waals surface area contributed by atoms with Gasteiger partial charge in [-0.15, -0.1) is 0 Å². The molecule has 1 heterocycles. The monoisotopic (exact) mass is 225 g/mol. The lowest BCUT2D eigenvalue weighted by Gasteiger charge is -2.12. The topological polar surface area (TPSA) is 14.2 Å². The highest BCUT2D eigenvalue weighted by atomic mass is 19.1. The van der Waals surface area contributed by atoms with E-state index in [0.29, 0.717) is 5.75 Å². The van der Waals surface area contributed by atoms with Crippen molar-refractivity contribution in [2.75, 3.05) is 13.3 Å². The quantitative estimate of drug-likeness (QED) is 0.780. The number of hydrogen-bond donors (Lipinski definition) is 0. The molecular formula is C12H13F2NO. The fraction of sp³-hybridized carbons (Fsp3) is 0.333. The molecule has 1 aromatic carbocycles. The van der Waals surface area contributed by atoms with Gasteiger partial charge in [0.1, 0.15) is 19.1 Å². The number of aryl methyl sites for hydroxylation is 1. The number of rotatable bonds is 4. The fourth-order valence-corrected chi connectivity index (χ4v) is 1.63. The molecule has 0 aliphatic rings. The Balaban J connectivity index is 2.25. The zero-order valence-electron chi connectivity index (χ0n) is 8.99. The van der Waals surface area contributed by atoms with Gasteiger partial charge < -0.3 is 9.30 Å². The van der Waals surface area contributed by atoms with Gasteiger partial charge in [0.15, 0.2) is 6.10 Å². The maximum absolute atomic E-state index is 12.3. The van der Waals surface area contributed by atoms with Crippen LogP contribution in [0.5, 0.6) is 5.75 Å². The summed E-state index contributed by atoms with van der Waals surface area (Å²) in [7, 11) is 1.94. The number of halogens is 2. The number of aromatic nitrogens is 1. The number of fused-ring (bicyclic) bond motifs is 1. The average molecular weight is 225 g/mol. The van der Waals surface area contributed by atoms with Crippen molar-refractivity contribution >= 4 is 10.9 Å². The van der Waals surface area contributed by atoms with E-state index in [9.17, 15) is 8.78 Å². The van der Waals surface area contributed by atoms with Crippen molar-refractivity contribution < 1.29 is 13.5 Å². The zero-order chi connectivity index (χ0) is 11.5. The van der Waals surface area contributed by atoms with Crippen molar-refractivity contribution in [2.24, 2.45) is 7.05 Å². The molecule has 0 saturated carbocycles. The molecule has 0 aliphatic carbocycles. The van der Waals surface area contributed by atoms with Gasteiger partial charge in [0, 0.05) is 24.1 Å². The van der Waals surface area contributed by atoms with Crippen LogP contribution in [0, 0.1) is 0 Å². The lowest BCUT2D eigenvalue weighted by Crippen LogP contribution is -2.20. The van der Waals surface area contributed by atoms with E-state index in [1.807, 2.05) is 29.9 Å². The highest BCUT2D eigenvalue weighted by Gasteiger charge is 2.10. The summed E-state index contributed by atoms with van der Waals surface area (Å²) >= 11 is 0. The number of alkyl halides is 2. The van der Waals surface area contributed by atoms with Crippen molar-refractivity contribution in [3.05, 3.63) is 30.5 Å². The molecule has 0 spiro atoms. The molecule has 2 rings (SSSR count). The largest absolute Gasteiger partial charge is 0.485 e. The van der Waals surface area contributed by atoms with Crippen LogP contribution in [0.2, 0.25) is 0 Å². The van der Waals surface area contributed by atoms with Crippen molar-refractivity contribution in [1.29, 1.82) is 0 Å². The van der Waals surface area contributed by atoms with E-state index in [2.05, 4.69) is 0 Å². The molecule has 0 amide bonds. The number of ether oxygens (including phenoxy) is 1. The Morgan fingerprint density at radius 1 is 1.25 bits per heavy atom. The number of benzene rings is 1. The second-order valence-corrected chi connectivity index (χ2v) is 3.70. The first kappa shape index (κ1) is 10.9. The van der Waals surface area contributed by atoms with E-state index < -0.39 is 19.5 Å². The Morgan fingerprint density at radius 3 is 2.69 bits per heavy atom. The Labute approximate surface area is 92.4 Å². The molecule has 16 heavy (non-hydrogen) atoms. The molecule has 86 valence electrons. The molecule has 0 radical (unpaired) electrons. The minimum atomic E-state index is -0.999. The average Bonchev–Trinajstić information content (AvgIpc) is 2.68. The molecule has 0 atom stereocenters. The summed E-state index contributed by atoms with van der Waals surface area (Å²) in [6.45, 7) is -1.63. The van der Waals surface area contributed by atoms with Crippen molar-refractivity contribution in [2.45, 2.75) is 6.10 Å². The van der Waals surface area contributed by atoms with Gasteiger partial charge in [-0.1, -0.05) is 0 Å². The Hall–Kier alpha value is -1.58. The first-order valence-electron chi connectivity index (χ1n) is 5.08. The van der Waals surface area contributed by atoms with E-state index in [4.69, 9.17) is 4.74 Å². The Kier molecular flexibility index (Phi) is 3.08. The van der Waals surface area contributed by atoms with Crippen LogP contribution in [0.3, 0.4) is 0 Å². The van der Waals surface area contributed by atoms with Gasteiger partial charge in [-0.2, -0.15) is 0 Å². The van der Waals surface area contributed by atoms with E-state index in [1.54, 1.807) is 12.1 Å². The highest BCUT2D eigenvalue weighted by Crippen LogP contribution is 2.22. The summed E-state index contributed by atoms with van der Waals surface area (Å²) in [5.41, 5.74) is 1.06. The normalized spacial score (nSPS) is 11.2. The fourth-order valence-electron chi connectivity index (χ4n) is 1.63. The SMILES string of the molecule is Cn1ccc2cc(OC(CF)CF)ccc21. The lowest BCUT2D eigenvalue weighted by atomic mass is 10.2. The predicted molar refractivity (Wildman–Crippen MR) is 59.3 cm³/mol. The minimum absolute atomic E-state index is 0.499. The molecule has 0 bridgehead atoms. The van der Waals surface area contributed by atoms with Gasteiger partial charge >= 0.3 is 0 Å². The van der Waals surface area contributed by atoms with E-state index >= 15 is 0 Å². The second kappa shape index (κ2) is 4.51. The van der Waals surface area contributed by atoms with Gasteiger partial charge in [0.2, 0.25) is 0 Å². The van der Waals surface area contributed by atoms with E-state index in [-0.39, 0.29) is 0 Å². The van der Waals surface area contributed by atoms with Crippen LogP contribution >= 0.6 is 0 Å². The highest BCUT2D eigenvalue weighted by molar-refractivity contribution is 5.81. The molecule has 0 saturated heterocycles. The van der Waals surface area contributed by atoms with Crippen LogP contribution in [0.25, 0.3) is 10.9 Å². The summed E-state index contributed by atoms with van der Waals surface area (Å²) in [6.07, 6.45) is 0.928. The van der Waals surface area contributed by atoms with Crippen LogP contribution in [0.4, 0.5) is 8.78 Å². The maximum Gasteiger partial charge on any atom is 0.155 e. The molecule has 0 unspecified atom stereocenters. The van der Waals surface area contributed by atoms with Crippen LogP contribution in [-0.2, 0) is 7.05 Å². The maximum atomic E-state index is 12.3. The van der Waals surface area contributed by atoms with Crippen LogP contribution < -0.4 is 4.74 Å². The predicted octanol–water partition coefficient (Wildman–Crippen LogP) is 2.86. The molecule has 4 heteroatoms. The third kappa shape index (κ3) is 2.01. The van der Waals surface area contributed by atoms with E-state index in [0.717, 1.165) is 10.9 Å². The minimum Gasteiger partial charge on any atom is -0.485 e. The van der Waals surface area contributed by atoms with E-state index in [1.165, 1.54) is 0 Å². The van der Waals surface area contributed by atoms with Crippen molar-refractivity contribution in [3.63, 3.8) is 0 Å². The molecule has 2 nitrogen and oxygen atoms in total. The molecular weight excluding hydrogens is 212 g/mol. The Bertz CT molecular complexity index is 477. The van der Waals surface area contributed by atoms with Crippen molar-refractivity contribution in [3.8, 4) is 5.75 Å². The van der Waals surface area contributed by atoms with Gasteiger partial charge in [-0.05, 0) is 24.3 Å². The first-order chi connectivity index (χ1) is 7.74. The third-order valence-corrected chi connectivity index (χ3v) is 2.50. The lowest BCUT2D eigenvalue weighted by molar-refractivity contribution is 0.134. The van der Waals surface area contributed by atoms with Crippen LogP contribution in [0.15, 0.2) is 30.5 Å². The second-order valence-electron chi connectivity index (χ2n) is 3.70. The molecule has 0 fully saturated rings. The summed E-state index contributed by atoms with van der Waals surface area (Å²) < 4.78 is 31.7. The molecule has 1 aromatic heterocycles. The number of hydrogen-bond acceptors (Lipinski definition) is 1. The first-order valence-corrected chi connectivity index (χ1v) is 5.08. The van der Waals surface area contributed by atoms with Gasteiger partial charge in [-0.25, -0.2) is 8.78 Å².